The molecule has 4 heteroatoms. The van der Waals surface area contributed by atoms with Crippen LogP contribution in [0.15, 0.2) is 103 Å². The average Bonchev–Trinajstić information content (AvgIpc) is 2.86. The fraction of sp³-hybridized carbons (Fsp3) is 0.172. The normalized spacial score (nSPS) is 13.6. The van der Waals surface area contributed by atoms with E-state index >= 15 is 0 Å². The lowest BCUT2D eigenvalue weighted by molar-refractivity contribution is -0.112. The molecule has 0 bridgehead atoms. The lowest BCUT2D eigenvalue weighted by atomic mass is 9.72. The van der Waals surface area contributed by atoms with Gasteiger partial charge >= 0.3 is 0 Å². The Morgan fingerprint density at radius 1 is 0.909 bits per heavy atom. The van der Waals surface area contributed by atoms with E-state index in [9.17, 15) is 9.90 Å². The molecule has 1 aromatic heterocycles. The summed E-state index contributed by atoms with van der Waals surface area (Å²) in [6.45, 7) is 0. The molecule has 4 nitrogen and oxygen atoms in total. The SMILES string of the molecule is COc1ncc(-c2ccccc2)cc1C(c1ccccc1)C(O)(CC=O)Cc1ccccc1. The molecular formula is C29H27NO3. The number of carbonyl (C=O) groups excluding carboxylic acids is 1. The zero-order valence-electron chi connectivity index (χ0n) is 18.6. The zero-order chi connectivity index (χ0) is 23.1. The summed E-state index contributed by atoms with van der Waals surface area (Å²) in [5.74, 6) is -0.101. The molecule has 1 heterocycles. The monoisotopic (exact) mass is 437 g/mol. The van der Waals surface area contributed by atoms with Gasteiger partial charge in [0.25, 0.3) is 0 Å². The van der Waals surface area contributed by atoms with Gasteiger partial charge in [-0.15, -0.1) is 0 Å². The topological polar surface area (TPSA) is 59.4 Å². The number of rotatable bonds is 9. The van der Waals surface area contributed by atoms with Crippen molar-refractivity contribution >= 4 is 6.29 Å². The van der Waals surface area contributed by atoms with E-state index in [1.807, 2.05) is 97.1 Å². The predicted octanol–water partition coefficient (Wildman–Crippen LogP) is 5.45. The second-order valence-electron chi connectivity index (χ2n) is 8.17. The number of methoxy groups -OCH3 is 1. The standard InChI is InChI=1S/C29H27NO3/c1-33-28-26(19-25(21-30-28)23-13-7-3-8-14-23)27(24-15-9-4-10-16-24)29(32,17-18-31)20-22-11-5-2-6-12-22/h2-16,18-19,21,27,32H,17,20H2,1H3. The molecular weight excluding hydrogens is 410 g/mol. The maximum atomic E-state index is 12.1. The van der Waals surface area contributed by atoms with E-state index in [1.54, 1.807) is 13.3 Å². The van der Waals surface area contributed by atoms with Crippen molar-refractivity contribution in [1.82, 2.24) is 4.98 Å². The average molecular weight is 438 g/mol. The van der Waals surface area contributed by atoms with Gasteiger partial charge in [-0.05, 0) is 22.8 Å². The minimum atomic E-state index is -1.38. The summed E-state index contributed by atoms with van der Waals surface area (Å²) < 4.78 is 5.65. The lowest BCUT2D eigenvalue weighted by Gasteiger charge is -2.36. The third-order valence-corrected chi connectivity index (χ3v) is 5.95. The van der Waals surface area contributed by atoms with Gasteiger partial charge in [0.15, 0.2) is 0 Å². The van der Waals surface area contributed by atoms with E-state index in [-0.39, 0.29) is 6.42 Å². The smallest absolute Gasteiger partial charge is 0.216 e. The summed E-state index contributed by atoms with van der Waals surface area (Å²) in [5, 5.41) is 12.1. The van der Waals surface area contributed by atoms with Gasteiger partial charge in [0, 0.05) is 36.1 Å². The Morgan fingerprint density at radius 2 is 1.52 bits per heavy atom. The van der Waals surface area contributed by atoms with Crippen LogP contribution in [-0.2, 0) is 11.2 Å². The molecule has 33 heavy (non-hydrogen) atoms. The van der Waals surface area contributed by atoms with Crippen LogP contribution in [0.3, 0.4) is 0 Å². The first kappa shape index (κ1) is 22.4. The Morgan fingerprint density at radius 3 is 2.12 bits per heavy atom. The van der Waals surface area contributed by atoms with Crippen molar-refractivity contribution < 1.29 is 14.6 Å². The van der Waals surface area contributed by atoms with Crippen molar-refractivity contribution in [1.29, 1.82) is 0 Å². The largest absolute Gasteiger partial charge is 0.481 e. The highest BCUT2D eigenvalue weighted by Crippen LogP contribution is 2.43. The number of aliphatic hydroxyl groups is 1. The number of ether oxygens (including phenoxy) is 1. The van der Waals surface area contributed by atoms with Crippen LogP contribution in [0.25, 0.3) is 11.1 Å². The molecule has 0 aliphatic carbocycles. The minimum Gasteiger partial charge on any atom is -0.481 e. The summed E-state index contributed by atoms with van der Waals surface area (Å²) >= 11 is 0. The molecule has 1 N–H and O–H groups in total. The van der Waals surface area contributed by atoms with E-state index in [2.05, 4.69) is 4.98 Å². The minimum absolute atomic E-state index is 0.0276. The summed E-state index contributed by atoms with van der Waals surface area (Å²) in [7, 11) is 1.58. The molecule has 2 atom stereocenters. The second kappa shape index (κ2) is 10.2. The number of hydrogen-bond donors (Lipinski definition) is 1. The maximum Gasteiger partial charge on any atom is 0.216 e. The van der Waals surface area contributed by atoms with Crippen LogP contribution in [0.1, 0.15) is 29.0 Å². The molecule has 0 fully saturated rings. The summed E-state index contributed by atoms with van der Waals surface area (Å²) in [6, 6.07) is 31.5. The van der Waals surface area contributed by atoms with E-state index < -0.39 is 11.5 Å². The highest BCUT2D eigenvalue weighted by atomic mass is 16.5. The lowest BCUT2D eigenvalue weighted by Crippen LogP contribution is -2.40. The molecule has 0 aliphatic rings. The Kier molecular flexibility index (Phi) is 6.96. The van der Waals surface area contributed by atoms with Gasteiger partial charge in [-0.25, -0.2) is 4.98 Å². The van der Waals surface area contributed by atoms with Gasteiger partial charge in [0.05, 0.1) is 12.7 Å². The molecule has 2 unspecified atom stereocenters. The molecule has 0 saturated carbocycles. The van der Waals surface area contributed by atoms with Gasteiger partial charge in [-0.3, -0.25) is 0 Å². The second-order valence-corrected chi connectivity index (χ2v) is 8.17. The van der Waals surface area contributed by atoms with Gasteiger partial charge in [-0.2, -0.15) is 0 Å². The number of nitrogens with zero attached hydrogens (tertiary/aromatic N) is 1. The first-order chi connectivity index (χ1) is 16.1. The first-order valence-electron chi connectivity index (χ1n) is 11.0. The Bertz CT molecular complexity index is 1180. The third kappa shape index (κ3) is 5.02. The molecule has 0 amide bonds. The summed E-state index contributed by atoms with van der Waals surface area (Å²) in [4.78, 5) is 16.4. The van der Waals surface area contributed by atoms with Gasteiger partial charge in [0.2, 0.25) is 5.88 Å². The van der Waals surface area contributed by atoms with Crippen LogP contribution in [-0.4, -0.2) is 29.1 Å². The number of benzene rings is 3. The van der Waals surface area contributed by atoms with Crippen LogP contribution in [0.2, 0.25) is 0 Å². The summed E-state index contributed by atoms with van der Waals surface area (Å²) in [5.41, 5.74) is 3.14. The zero-order valence-corrected chi connectivity index (χ0v) is 18.6. The van der Waals surface area contributed by atoms with Crippen molar-refractivity contribution in [3.8, 4) is 17.0 Å². The number of aromatic nitrogens is 1. The molecule has 0 radical (unpaired) electrons. The Labute approximate surface area is 194 Å². The van der Waals surface area contributed by atoms with Crippen LogP contribution in [0.5, 0.6) is 5.88 Å². The quantitative estimate of drug-likeness (QED) is 0.354. The van der Waals surface area contributed by atoms with Crippen molar-refractivity contribution in [2.75, 3.05) is 7.11 Å². The highest BCUT2D eigenvalue weighted by molar-refractivity contribution is 5.65. The van der Waals surface area contributed by atoms with Crippen molar-refractivity contribution in [2.45, 2.75) is 24.4 Å². The number of carbonyl (C=O) groups is 1. The Hall–Kier alpha value is -3.76. The van der Waals surface area contributed by atoms with Crippen molar-refractivity contribution in [3.05, 3.63) is 120 Å². The third-order valence-electron chi connectivity index (χ3n) is 5.95. The molecule has 166 valence electrons. The van der Waals surface area contributed by atoms with Gasteiger partial charge in [0.1, 0.15) is 6.29 Å². The molecule has 0 aliphatic heterocycles. The van der Waals surface area contributed by atoms with Crippen molar-refractivity contribution in [3.63, 3.8) is 0 Å². The molecule has 3 aromatic carbocycles. The van der Waals surface area contributed by atoms with Crippen LogP contribution in [0.4, 0.5) is 0 Å². The fourth-order valence-electron chi connectivity index (χ4n) is 4.45. The first-order valence-corrected chi connectivity index (χ1v) is 11.0. The fourth-order valence-corrected chi connectivity index (χ4v) is 4.45. The van der Waals surface area contributed by atoms with Gasteiger partial charge < -0.3 is 14.6 Å². The molecule has 0 spiro atoms. The Balaban J connectivity index is 1.91. The maximum absolute atomic E-state index is 12.1. The predicted molar refractivity (Wildman–Crippen MR) is 130 cm³/mol. The van der Waals surface area contributed by atoms with E-state index in [4.69, 9.17) is 4.74 Å². The van der Waals surface area contributed by atoms with Crippen LogP contribution in [0, 0.1) is 0 Å². The molecule has 4 rings (SSSR count). The van der Waals surface area contributed by atoms with Crippen LogP contribution >= 0.6 is 0 Å². The highest BCUT2D eigenvalue weighted by Gasteiger charge is 2.40. The van der Waals surface area contributed by atoms with E-state index in [0.717, 1.165) is 34.1 Å². The summed E-state index contributed by atoms with van der Waals surface area (Å²) in [6.07, 6.45) is 2.85. The number of aldehydes is 1. The molecule has 0 saturated heterocycles. The number of hydrogen-bond acceptors (Lipinski definition) is 4. The number of pyridine rings is 1. The van der Waals surface area contributed by atoms with Crippen molar-refractivity contribution in [2.24, 2.45) is 0 Å². The van der Waals surface area contributed by atoms with Crippen LogP contribution < -0.4 is 4.74 Å². The van der Waals surface area contributed by atoms with E-state index in [1.165, 1.54) is 0 Å². The van der Waals surface area contributed by atoms with E-state index in [0.29, 0.717) is 12.3 Å². The van der Waals surface area contributed by atoms with Gasteiger partial charge in [-0.1, -0.05) is 91.0 Å². The molecule has 4 aromatic rings.